The highest BCUT2D eigenvalue weighted by atomic mass is 16.6. The molecular weight excluding hydrogens is 248 g/mol. The number of nitrogens with zero attached hydrogens (tertiary/aromatic N) is 1. The number of hydrogen-bond acceptors (Lipinski definition) is 6. The third kappa shape index (κ3) is 12.5. The first-order valence-electron chi connectivity index (χ1n) is 6.74. The highest BCUT2D eigenvalue weighted by molar-refractivity contribution is 4.72. The minimum atomic E-state index is 0.185. The normalized spacial score (nSPS) is 12.3. The molecule has 2 N–H and O–H groups in total. The van der Waals surface area contributed by atoms with Crippen LogP contribution >= 0.6 is 0 Å². The minimum Gasteiger partial charge on any atom is -0.378 e. The van der Waals surface area contributed by atoms with Gasteiger partial charge in [0.2, 0.25) is 0 Å². The average Bonchev–Trinajstić information content (AvgIpc) is 2.34. The first-order chi connectivity index (χ1) is 8.98. The van der Waals surface area contributed by atoms with Gasteiger partial charge in [0.1, 0.15) is 0 Å². The van der Waals surface area contributed by atoms with Crippen LogP contribution in [0.5, 0.6) is 0 Å². The summed E-state index contributed by atoms with van der Waals surface area (Å²) in [5.41, 5.74) is 0.185. The molecule has 0 aromatic rings. The number of ether oxygens (including phenoxy) is 3. The smallest absolute Gasteiger partial charge is 0.0913 e. The summed E-state index contributed by atoms with van der Waals surface area (Å²) in [5, 5.41) is 0. The Morgan fingerprint density at radius 1 is 0.789 bits per heavy atom. The second kappa shape index (κ2) is 11.6. The molecular formula is C13H30N2O4. The lowest BCUT2D eigenvalue weighted by Crippen LogP contribution is -2.40. The van der Waals surface area contributed by atoms with Crippen molar-refractivity contribution in [3.05, 3.63) is 0 Å². The predicted octanol–water partition coefficient (Wildman–Crippen LogP) is 0.657. The van der Waals surface area contributed by atoms with E-state index in [1.54, 1.807) is 0 Å². The van der Waals surface area contributed by atoms with Gasteiger partial charge in [-0.1, -0.05) is 0 Å². The molecule has 6 heteroatoms. The molecule has 0 saturated carbocycles. The monoisotopic (exact) mass is 278 g/mol. The molecule has 0 bridgehead atoms. The standard InChI is InChI=1S/C13H30N2O4/c1-13(2,3)15(4)5-6-16-7-8-17-9-10-18-11-12-19-14/h5-12,14H2,1-4H3. The molecule has 0 unspecified atom stereocenters. The third-order valence-electron chi connectivity index (χ3n) is 2.81. The summed E-state index contributed by atoms with van der Waals surface area (Å²) in [7, 11) is 2.10. The molecule has 0 aromatic carbocycles. The van der Waals surface area contributed by atoms with E-state index in [-0.39, 0.29) is 5.54 Å². The lowest BCUT2D eigenvalue weighted by atomic mass is 10.1. The van der Waals surface area contributed by atoms with Crippen LogP contribution in [-0.2, 0) is 19.0 Å². The largest absolute Gasteiger partial charge is 0.378 e. The quantitative estimate of drug-likeness (QED) is 0.418. The van der Waals surface area contributed by atoms with E-state index in [2.05, 4.69) is 37.6 Å². The SMILES string of the molecule is CN(CCOCCOCCOCCON)C(C)(C)C. The summed E-state index contributed by atoms with van der Waals surface area (Å²) in [6, 6.07) is 0. The van der Waals surface area contributed by atoms with E-state index in [0.29, 0.717) is 39.6 Å². The Kier molecular flexibility index (Phi) is 11.4. The molecule has 0 spiro atoms. The second-order valence-electron chi connectivity index (χ2n) is 5.30. The molecule has 0 rings (SSSR count). The maximum absolute atomic E-state index is 5.50. The Bertz CT molecular complexity index is 198. The van der Waals surface area contributed by atoms with Crippen LogP contribution in [0.2, 0.25) is 0 Å². The van der Waals surface area contributed by atoms with Crippen molar-refractivity contribution < 1.29 is 19.0 Å². The molecule has 0 aliphatic rings. The van der Waals surface area contributed by atoms with Crippen LogP contribution in [0.25, 0.3) is 0 Å². The van der Waals surface area contributed by atoms with Crippen LogP contribution in [0.3, 0.4) is 0 Å². The van der Waals surface area contributed by atoms with Crippen molar-refractivity contribution in [1.82, 2.24) is 4.90 Å². The Morgan fingerprint density at radius 3 is 1.63 bits per heavy atom. The van der Waals surface area contributed by atoms with Gasteiger partial charge in [0.15, 0.2) is 0 Å². The van der Waals surface area contributed by atoms with Gasteiger partial charge in [0.25, 0.3) is 0 Å². The lowest BCUT2D eigenvalue weighted by molar-refractivity contribution is -0.00560. The van der Waals surface area contributed by atoms with Gasteiger partial charge in [0, 0.05) is 12.1 Å². The molecule has 0 aliphatic heterocycles. The summed E-state index contributed by atoms with van der Waals surface area (Å²) in [6.45, 7) is 11.4. The van der Waals surface area contributed by atoms with E-state index in [0.717, 1.165) is 13.2 Å². The van der Waals surface area contributed by atoms with E-state index >= 15 is 0 Å². The van der Waals surface area contributed by atoms with Crippen LogP contribution in [0.4, 0.5) is 0 Å². The topological polar surface area (TPSA) is 66.2 Å². The van der Waals surface area contributed by atoms with Gasteiger partial charge >= 0.3 is 0 Å². The molecule has 0 aromatic heterocycles. The van der Waals surface area contributed by atoms with Gasteiger partial charge in [-0.25, -0.2) is 5.90 Å². The van der Waals surface area contributed by atoms with Crippen molar-refractivity contribution >= 4 is 0 Å². The maximum Gasteiger partial charge on any atom is 0.0913 e. The number of nitrogens with two attached hydrogens (primary N) is 1. The summed E-state index contributed by atoms with van der Waals surface area (Å²) >= 11 is 0. The van der Waals surface area contributed by atoms with Crippen molar-refractivity contribution in [2.24, 2.45) is 5.90 Å². The molecule has 0 saturated heterocycles. The zero-order valence-corrected chi connectivity index (χ0v) is 12.8. The summed E-state index contributed by atoms with van der Waals surface area (Å²) in [5.74, 6) is 4.85. The molecule has 0 aliphatic carbocycles. The Morgan fingerprint density at radius 2 is 1.21 bits per heavy atom. The molecule has 6 nitrogen and oxygen atoms in total. The van der Waals surface area contributed by atoms with Crippen LogP contribution in [-0.4, -0.2) is 70.3 Å². The fourth-order valence-electron chi connectivity index (χ4n) is 1.19. The van der Waals surface area contributed by atoms with Crippen molar-refractivity contribution in [3.8, 4) is 0 Å². The van der Waals surface area contributed by atoms with Crippen LogP contribution in [0.15, 0.2) is 0 Å². The fourth-order valence-corrected chi connectivity index (χ4v) is 1.19. The van der Waals surface area contributed by atoms with E-state index < -0.39 is 0 Å². The van der Waals surface area contributed by atoms with E-state index in [1.807, 2.05) is 0 Å². The first-order valence-corrected chi connectivity index (χ1v) is 6.74. The molecule has 0 heterocycles. The van der Waals surface area contributed by atoms with Gasteiger partial charge in [-0.2, -0.15) is 0 Å². The van der Waals surface area contributed by atoms with Crippen molar-refractivity contribution in [2.45, 2.75) is 26.3 Å². The van der Waals surface area contributed by atoms with Crippen molar-refractivity contribution in [3.63, 3.8) is 0 Å². The molecule has 0 atom stereocenters. The van der Waals surface area contributed by atoms with Crippen molar-refractivity contribution in [2.75, 3.05) is 59.8 Å². The highest BCUT2D eigenvalue weighted by Crippen LogP contribution is 2.08. The Balaban J connectivity index is 3.15. The van der Waals surface area contributed by atoms with Gasteiger partial charge < -0.3 is 19.0 Å². The molecule has 116 valence electrons. The number of hydrogen-bond donors (Lipinski definition) is 1. The van der Waals surface area contributed by atoms with E-state index in [4.69, 9.17) is 20.1 Å². The molecule has 19 heavy (non-hydrogen) atoms. The minimum absolute atomic E-state index is 0.185. The third-order valence-corrected chi connectivity index (χ3v) is 2.81. The summed E-state index contributed by atoms with van der Waals surface area (Å²) in [6.07, 6.45) is 0. The van der Waals surface area contributed by atoms with Gasteiger partial charge in [-0.15, -0.1) is 0 Å². The second-order valence-corrected chi connectivity index (χ2v) is 5.30. The van der Waals surface area contributed by atoms with Crippen LogP contribution < -0.4 is 5.90 Å². The van der Waals surface area contributed by atoms with Crippen molar-refractivity contribution in [1.29, 1.82) is 0 Å². The van der Waals surface area contributed by atoms with E-state index in [1.165, 1.54) is 0 Å². The molecule has 0 radical (unpaired) electrons. The van der Waals surface area contributed by atoms with E-state index in [9.17, 15) is 0 Å². The predicted molar refractivity (Wildman–Crippen MR) is 75.0 cm³/mol. The molecule has 0 amide bonds. The van der Waals surface area contributed by atoms with Gasteiger partial charge in [0.05, 0.1) is 46.2 Å². The average molecular weight is 278 g/mol. The Hall–Kier alpha value is -0.240. The van der Waals surface area contributed by atoms with Crippen LogP contribution in [0.1, 0.15) is 20.8 Å². The van der Waals surface area contributed by atoms with Crippen LogP contribution in [0, 0.1) is 0 Å². The van der Waals surface area contributed by atoms with Gasteiger partial charge in [-0.05, 0) is 27.8 Å². The Labute approximate surface area is 117 Å². The molecule has 0 fully saturated rings. The zero-order chi connectivity index (χ0) is 14.6. The fraction of sp³-hybridized carbons (Fsp3) is 1.00. The summed E-state index contributed by atoms with van der Waals surface area (Å²) < 4.78 is 16.0. The first kappa shape index (κ1) is 18.8. The maximum atomic E-state index is 5.50. The number of rotatable bonds is 12. The lowest BCUT2D eigenvalue weighted by Gasteiger charge is -2.31. The highest BCUT2D eigenvalue weighted by Gasteiger charge is 2.15. The van der Waals surface area contributed by atoms with Gasteiger partial charge in [-0.3, -0.25) is 4.90 Å². The number of likely N-dealkylation sites (N-methyl/N-ethyl adjacent to an activating group) is 1. The zero-order valence-electron chi connectivity index (χ0n) is 12.8. The summed E-state index contributed by atoms with van der Waals surface area (Å²) in [4.78, 5) is 6.63.